The molecule has 0 aliphatic rings. The predicted octanol–water partition coefficient (Wildman–Crippen LogP) is 5.22. The van der Waals surface area contributed by atoms with Crippen molar-refractivity contribution in [1.82, 2.24) is 0 Å². The van der Waals surface area contributed by atoms with Crippen LogP contribution < -0.4 is 0 Å². The Morgan fingerprint density at radius 2 is 1.65 bits per heavy atom. The van der Waals surface area contributed by atoms with Crippen molar-refractivity contribution in [3.8, 4) is 0 Å². The maximum atomic E-state index is 11.5. The number of unbranched alkanes of at least 4 members (excludes halogenated alkanes) is 6. The maximum Gasteiger partial charge on any atom is 0.132 e. The van der Waals surface area contributed by atoms with Crippen molar-refractivity contribution in [2.75, 3.05) is 0 Å². The topological polar surface area (TPSA) is 17.1 Å². The fraction of sp³-hybridized carbons (Fsp3) is 0.688. The van der Waals surface area contributed by atoms with E-state index in [1.54, 1.807) is 0 Å². The zero-order valence-corrected chi connectivity index (χ0v) is 11.4. The molecule has 17 heavy (non-hydrogen) atoms. The quantitative estimate of drug-likeness (QED) is 0.335. The highest BCUT2D eigenvalue weighted by Gasteiger charge is 2.00. The Labute approximate surface area is 107 Å². The summed E-state index contributed by atoms with van der Waals surface area (Å²) in [6.07, 6.45) is 16.9. The smallest absolute Gasteiger partial charge is 0.132 e. The number of hydrogen-bond donors (Lipinski definition) is 0. The second kappa shape index (κ2) is 13.2. The third-order valence-corrected chi connectivity index (χ3v) is 2.91. The standard InChI is InChI=1S/C16H28O/c1-3-5-7-8-9-10-11-13-15-16(17)14-12-6-4-2/h3,5,7H,1,4,6,8-15H2,2H3/b7-5-. The van der Waals surface area contributed by atoms with Gasteiger partial charge >= 0.3 is 0 Å². The highest BCUT2D eigenvalue weighted by Crippen LogP contribution is 2.09. The number of hydrogen-bond acceptors (Lipinski definition) is 1. The van der Waals surface area contributed by atoms with Gasteiger partial charge in [0.1, 0.15) is 5.78 Å². The van der Waals surface area contributed by atoms with Crippen molar-refractivity contribution in [2.45, 2.75) is 71.1 Å². The zero-order chi connectivity index (χ0) is 12.8. The molecule has 1 heteroatoms. The van der Waals surface area contributed by atoms with E-state index in [1.807, 2.05) is 12.2 Å². The van der Waals surface area contributed by atoms with Crippen LogP contribution in [0.3, 0.4) is 0 Å². The molecule has 0 N–H and O–H groups in total. The molecule has 0 fully saturated rings. The van der Waals surface area contributed by atoms with Gasteiger partial charge in [0.25, 0.3) is 0 Å². The first kappa shape index (κ1) is 16.1. The van der Waals surface area contributed by atoms with Gasteiger partial charge < -0.3 is 0 Å². The van der Waals surface area contributed by atoms with E-state index in [0.717, 1.165) is 32.1 Å². The van der Waals surface area contributed by atoms with E-state index in [9.17, 15) is 4.79 Å². The van der Waals surface area contributed by atoms with Crippen LogP contribution in [0.2, 0.25) is 0 Å². The number of carbonyl (C=O) groups is 1. The lowest BCUT2D eigenvalue weighted by atomic mass is 10.0. The van der Waals surface area contributed by atoms with Crippen molar-refractivity contribution in [3.63, 3.8) is 0 Å². The molecule has 0 radical (unpaired) electrons. The Bertz CT molecular complexity index is 216. The van der Waals surface area contributed by atoms with Crippen molar-refractivity contribution in [1.29, 1.82) is 0 Å². The molecule has 0 amide bonds. The van der Waals surface area contributed by atoms with Gasteiger partial charge in [0.2, 0.25) is 0 Å². The summed E-state index contributed by atoms with van der Waals surface area (Å²) in [7, 11) is 0. The van der Waals surface area contributed by atoms with Crippen LogP contribution in [0.5, 0.6) is 0 Å². The van der Waals surface area contributed by atoms with Crippen molar-refractivity contribution < 1.29 is 4.79 Å². The van der Waals surface area contributed by atoms with Gasteiger partial charge in [-0.05, 0) is 25.7 Å². The largest absolute Gasteiger partial charge is 0.300 e. The summed E-state index contributed by atoms with van der Waals surface area (Å²) >= 11 is 0. The SMILES string of the molecule is C=C/C=C\CCCCCCC(=O)CCCCC. The molecule has 0 aromatic heterocycles. The fourth-order valence-corrected chi connectivity index (χ4v) is 1.83. The number of carbonyl (C=O) groups excluding carboxylic acids is 1. The predicted molar refractivity (Wildman–Crippen MR) is 76.2 cm³/mol. The number of allylic oxidation sites excluding steroid dienone is 3. The second-order valence-corrected chi connectivity index (χ2v) is 4.61. The Morgan fingerprint density at radius 1 is 1.00 bits per heavy atom. The van der Waals surface area contributed by atoms with E-state index in [0.29, 0.717) is 5.78 Å². The molecule has 0 rings (SSSR count). The van der Waals surface area contributed by atoms with E-state index < -0.39 is 0 Å². The molecule has 0 spiro atoms. The molecule has 0 aliphatic carbocycles. The summed E-state index contributed by atoms with van der Waals surface area (Å²) in [4.78, 5) is 11.5. The van der Waals surface area contributed by atoms with Gasteiger partial charge in [0.05, 0.1) is 0 Å². The Balaban J connectivity index is 3.18. The normalized spacial score (nSPS) is 10.9. The van der Waals surface area contributed by atoms with E-state index in [4.69, 9.17) is 0 Å². The summed E-state index contributed by atoms with van der Waals surface area (Å²) in [5.74, 6) is 0.463. The first-order valence-electron chi connectivity index (χ1n) is 7.10. The summed E-state index contributed by atoms with van der Waals surface area (Å²) in [6, 6.07) is 0. The van der Waals surface area contributed by atoms with Gasteiger partial charge in [0.15, 0.2) is 0 Å². The molecular formula is C16H28O. The van der Waals surface area contributed by atoms with Gasteiger partial charge in [-0.25, -0.2) is 0 Å². The first-order chi connectivity index (χ1) is 8.31. The van der Waals surface area contributed by atoms with Crippen LogP contribution in [0.15, 0.2) is 24.8 Å². The lowest BCUT2D eigenvalue weighted by Gasteiger charge is -2.00. The van der Waals surface area contributed by atoms with E-state index >= 15 is 0 Å². The van der Waals surface area contributed by atoms with Crippen LogP contribution in [0.1, 0.15) is 71.1 Å². The molecule has 1 nitrogen and oxygen atoms in total. The molecule has 0 heterocycles. The number of rotatable bonds is 12. The highest BCUT2D eigenvalue weighted by atomic mass is 16.1. The van der Waals surface area contributed by atoms with Gasteiger partial charge in [-0.3, -0.25) is 4.79 Å². The molecule has 0 saturated carbocycles. The summed E-state index contributed by atoms with van der Waals surface area (Å²) in [5.41, 5.74) is 0. The first-order valence-corrected chi connectivity index (χ1v) is 7.10. The van der Waals surface area contributed by atoms with Crippen molar-refractivity contribution in [2.24, 2.45) is 0 Å². The minimum absolute atomic E-state index is 0.463. The Kier molecular flexibility index (Phi) is 12.6. The average Bonchev–Trinajstić information content (AvgIpc) is 2.33. The van der Waals surface area contributed by atoms with Crippen LogP contribution >= 0.6 is 0 Å². The van der Waals surface area contributed by atoms with Crippen molar-refractivity contribution in [3.05, 3.63) is 24.8 Å². The molecule has 0 aromatic rings. The maximum absolute atomic E-state index is 11.5. The summed E-state index contributed by atoms with van der Waals surface area (Å²) in [6.45, 7) is 5.81. The lowest BCUT2D eigenvalue weighted by Crippen LogP contribution is -1.97. The third-order valence-electron chi connectivity index (χ3n) is 2.91. The van der Waals surface area contributed by atoms with Gasteiger partial charge in [-0.15, -0.1) is 0 Å². The monoisotopic (exact) mass is 236 g/mol. The van der Waals surface area contributed by atoms with Gasteiger partial charge in [0, 0.05) is 12.8 Å². The zero-order valence-electron chi connectivity index (χ0n) is 11.4. The molecule has 0 atom stereocenters. The van der Waals surface area contributed by atoms with E-state index in [1.165, 1.54) is 32.1 Å². The van der Waals surface area contributed by atoms with Gasteiger partial charge in [-0.2, -0.15) is 0 Å². The minimum Gasteiger partial charge on any atom is -0.300 e. The van der Waals surface area contributed by atoms with Crippen LogP contribution in [-0.4, -0.2) is 5.78 Å². The Hall–Kier alpha value is -0.850. The fourth-order valence-electron chi connectivity index (χ4n) is 1.83. The van der Waals surface area contributed by atoms with Crippen molar-refractivity contribution >= 4 is 5.78 Å². The Morgan fingerprint density at radius 3 is 2.29 bits per heavy atom. The van der Waals surface area contributed by atoms with Crippen LogP contribution in [0.25, 0.3) is 0 Å². The molecule has 0 bridgehead atoms. The third kappa shape index (κ3) is 13.1. The molecule has 0 unspecified atom stereocenters. The van der Waals surface area contributed by atoms with E-state index in [2.05, 4.69) is 19.6 Å². The second-order valence-electron chi connectivity index (χ2n) is 4.61. The molecule has 0 aromatic carbocycles. The lowest BCUT2D eigenvalue weighted by molar-refractivity contribution is -0.119. The van der Waals surface area contributed by atoms with E-state index in [-0.39, 0.29) is 0 Å². The highest BCUT2D eigenvalue weighted by molar-refractivity contribution is 5.78. The summed E-state index contributed by atoms with van der Waals surface area (Å²) in [5, 5.41) is 0. The van der Waals surface area contributed by atoms with Crippen LogP contribution in [0.4, 0.5) is 0 Å². The molecular weight excluding hydrogens is 208 g/mol. The molecule has 0 aliphatic heterocycles. The van der Waals surface area contributed by atoms with Gasteiger partial charge in [-0.1, -0.05) is 57.4 Å². The molecule has 98 valence electrons. The minimum atomic E-state index is 0.463. The number of Topliss-reactive ketones (excluding diaryl/α,β-unsaturated/α-hetero) is 1. The number of ketones is 1. The molecule has 0 saturated heterocycles. The van der Waals surface area contributed by atoms with Crippen LogP contribution in [0, 0.1) is 0 Å². The average molecular weight is 236 g/mol. The summed E-state index contributed by atoms with van der Waals surface area (Å²) < 4.78 is 0. The van der Waals surface area contributed by atoms with Crippen LogP contribution in [-0.2, 0) is 4.79 Å².